The Hall–Kier alpha value is -2.58. The lowest BCUT2D eigenvalue weighted by Gasteiger charge is -2.13. The predicted octanol–water partition coefficient (Wildman–Crippen LogP) is 6.77. The Morgan fingerprint density at radius 2 is 1.31 bits per heavy atom. The number of imidazole rings is 2. The Labute approximate surface area is 225 Å². The minimum Gasteiger partial charge on any atom is -0.451 e. The number of H-pyrrole nitrogens is 4. The van der Waals surface area contributed by atoms with Crippen LogP contribution < -0.4 is 11.4 Å². The quantitative estimate of drug-likeness (QED) is 0.128. The third-order valence-electron chi connectivity index (χ3n) is 5.63. The molecule has 0 saturated heterocycles. The van der Waals surface area contributed by atoms with Gasteiger partial charge in [-0.25, -0.2) is 9.59 Å². The van der Waals surface area contributed by atoms with Gasteiger partial charge in [-0.05, 0) is 47.8 Å². The fourth-order valence-corrected chi connectivity index (χ4v) is 6.36. The molecule has 174 valence electrons. The molecular weight excluding hydrogens is 699 g/mol. The molecule has 4 heterocycles. The summed E-state index contributed by atoms with van der Waals surface area (Å²) >= 11 is 24.0. The highest BCUT2D eigenvalue weighted by Gasteiger charge is 2.23. The van der Waals surface area contributed by atoms with E-state index in [1.807, 2.05) is 0 Å². The van der Waals surface area contributed by atoms with E-state index >= 15 is 0 Å². The molecule has 3 aromatic carbocycles. The maximum atomic E-state index is 11.8. The van der Waals surface area contributed by atoms with E-state index in [1.165, 1.54) is 0 Å². The zero-order valence-corrected chi connectivity index (χ0v) is 22.8. The van der Waals surface area contributed by atoms with E-state index in [4.69, 9.17) is 32.0 Å². The Bertz CT molecular complexity index is 2240. The molecule has 0 aliphatic rings. The van der Waals surface area contributed by atoms with Crippen LogP contribution in [0.5, 0.6) is 0 Å². The minimum absolute atomic E-state index is 0.194. The van der Waals surface area contributed by atoms with Crippen molar-refractivity contribution in [1.82, 2.24) is 29.9 Å². The first-order valence-corrected chi connectivity index (χ1v) is 12.8. The zero-order chi connectivity index (χ0) is 24.3. The number of benzene rings is 3. The van der Waals surface area contributed by atoms with Crippen LogP contribution >= 0.6 is 71.0 Å². The number of halogens is 5. The van der Waals surface area contributed by atoms with Crippen LogP contribution in [0.3, 0.4) is 0 Å². The van der Waals surface area contributed by atoms with Crippen molar-refractivity contribution in [1.29, 1.82) is 0 Å². The van der Waals surface area contributed by atoms with Crippen molar-refractivity contribution in [2.45, 2.75) is 0 Å². The van der Waals surface area contributed by atoms with Crippen LogP contribution in [0.2, 0.25) is 10.0 Å². The lowest BCUT2D eigenvalue weighted by atomic mass is 10.2. The van der Waals surface area contributed by atoms with Crippen molar-refractivity contribution in [2.75, 3.05) is 0 Å². The van der Waals surface area contributed by atoms with Gasteiger partial charge >= 0.3 is 11.4 Å². The summed E-state index contributed by atoms with van der Waals surface area (Å²) in [6.45, 7) is 0. The fraction of sp³-hybridized carbons (Fsp3) is 0. The van der Waals surface area contributed by atoms with Gasteiger partial charge in [0.15, 0.2) is 22.3 Å². The Morgan fingerprint density at radius 1 is 0.686 bits per heavy atom. The van der Waals surface area contributed by atoms with Crippen molar-refractivity contribution < 1.29 is 8.83 Å². The van der Waals surface area contributed by atoms with Gasteiger partial charge in [0.05, 0.1) is 35.5 Å². The molecule has 7 aromatic rings. The molecule has 4 N–H and O–H groups in total. The molecule has 0 amide bonds. The Kier molecular flexibility index (Phi) is 4.48. The summed E-state index contributed by atoms with van der Waals surface area (Å²) in [4.78, 5) is 43.4. The highest BCUT2D eigenvalue weighted by molar-refractivity contribution is 9.11. The van der Waals surface area contributed by atoms with E-state index in [9.17, 15) is 9.59 Å². The number of rotatable bonds is 0. The number of nitrogens with zero attached hydrogens (tertiary/aromatic N) is 2. The van der Waals surface area contributed by atoms with Crippen LogP contribution in [0.1, 0.15) is 0 Å². The number of hydrogen-bond donors (Lipinski definition) is 4. The first-order chi connectivity index (χ1) is 16.7. The van der Waals surface area contributed by atoms with E-state index in [1.54, 1.807) is 6.07 Å². The fourth-order valence-electron chi connectivity index (χ4n) is 4.11. The first-order valence-electron chi connectivity index (χ1n) is 9.64. The Morgan fingerprint density at radius 3 is 2.03 bits per heavy atom. The maximum absolute atomic E-state index is 11.8. The summed E-state index contributed by atoms with van der Waals surface area (Å²) in [5.74, 6) is 0. The highest BCUT2D eigenvalue weighted by atomic mass is 79.9. The van der Waals surface area contributed by atoms with E-state index in [0.29, 0.717) is 68.7 Å². The monoisotopic (exact) mass is 700 g/mol. The third kappa shape index (κ3) is 2.87. The second-order valence-corrected chi connectivity index (χ2v) is 10.7. The molecule has 10 nitrogen and oxygen atoms in total. The lowest BCUT2D eigenvalue weighted by molar-refractivity contribution is 0.648. The highest BCUT2D eigenvalue weighted by Crippen LogP contribution is 2.44. The van der Waals surface area contributed by atoms with E-state index in [0.717, 1.165) is 0 Å². The van der Waals surface area contributed by atoms with Gasteiger partial charge in [-0.2, -0.15) is 9.97 Å². The van der Waals surface area contributed by atoms with Gasteiger partial charge < -0.3 is 28.8 Å². The Balaban J connectivity index is 1.68. The second kappa shape index (κ2) is 7.23. The second-order valence-electron chi connectivity index (χ2n) is 7.59. The summed E-state index contributed by atoms with van der Waals surface area (Å²) < 4.78 is 13.8. The van der Waals surface area contributed by atoms with Crippen molar-refractivity contribution in [3.63, 3.8) is 0 Å². The largest absolute Gasteiger partial charge is 0.451 e. The summed E-state index contributed by atoms with van der Waals surface area (Å²) in [7, 11) is 0. The lowest BCUT2D eigenvalue weighted by Crippen LogP contribution is -1.99. The predicted molar refractivity (Wildman–Crippen MR) is 143 cm³/mol. The smallest absolute Gasteiger partial charge is 0.368 e. The number of nitrogens with one attached hydrogen (secondary N) is 4. The molecule has 0 fully saturated rings. The molecule has 15 heteroatoms. The van der Waals surface area contributed by atoms with Crippen molar-refractivity contribution in [2.24, 2.45) is 0 Å². The van der Waals surface area contributed by atoms with Gasteiger partial charge in [0, 0.05) is 6.07 Å². The summed E-state index contributed by atoms with van der Waals surface area (Å²) in [5, 5.41) is 0.391. The van der Waals surface area contributed by atoms with E-state index in [-0.39, 0.29) is 26.9 Å². The van der Waals surface area contributed by atoms with Gasteiger partial charge in [0.25, 0.3) is 0 Å². The first kappa shape index (κ1) is 21.7. The van der Waals surface area contributed by atoms with Crippen molar-refractivity contribution in [3.8, 4) is 0 Å². The number of aromatic nitrogens is 6. The van der Waals surface area contributed by atoms with Crippen molar-refractivity contribution >= 4 is 137 Å². The van der Waals surface area contributed by atoms with Crippen LogP contribution in [-0.4, -0.2) is 29.9 Å². The van der Waals surface area contributed by atoms with E-state index < -0.39 is 5.69 Å². The molecule has 0 atom stereocenters. The number of aromatic amines is 4. The van der Waals surface area contributed by atoms with Crippen molar-refractivity contribution in [3.05, 3.63) is 50.5 Å². The molecule has 0 spiro atoms. The van der Waals surface area contributed by atoms with Crippen LogP contribution in [0.25, 0.3) is 66.5 Å². The third-order valence-corrected chi connectivity index (χ3v) is 8.65. The summed E-state index contributed by atoms with van der Waals surface area (Å²) in [6, 6.07) is 1.67. The average Bonchev–Trinajstić information content (AvgIpc) is 3.42. The molecule has 35 heavy (non-hydrogen) atoms. The van der Waals surface area contributed by atoms with Gasteiger partial charge in [-0.1, -0.05) is 23.2 Å². The SMILES string of the molecule is O=c1nc2c(Br)c3[nH]c4c(Cl)c5oc6cc7[nH]c(=O)[nH]c7c(Br)c6[nH]c5c(Cl)c4oc3c(Br)c2n1. The zero-order valence-electron chi connectivity index (χ0n) is 16.5. The van der Waals surface area contributed by atoms with Gasteiger partial charge in [0.2, 0.25) is 0 Å². The number of hydrogen-bond acceptors (Lipinski definition) is 6. The molecular formula is C20H5Br3Cl2N6O4. The topological polar surface area (TPSA) is 149 Å². The van der Waals surface area contributed by atoms with Gasteiger partial charge in [-0.3, -0.25) is 0 Å². The minimum atomic E-state index is -0.619. The van der Waals surface area contributed by atoms with Crippen LogP contribution in [-0.2, 0) is 0 Å². The number of fused-ring (bicyclic) bond motifs is 6. The van der Waals surface area contributed by atoms with Crippen LogP contribution in [0.4, 0.5) is 0 Å². The van der Waals surface area contributed by atoms with Crippen LogP contribution in [0, 0.1) is 0 Å². The normalized spacial score (nSPS) is 12.4. The van der Waals surface area contributed by atoms with Gasteiger partial charge in [-0.15, -0.1) is 0 Å². The molecule has 0 bridgehead atoms. The summed E-state index contributed by atoms with van der Waals surface area (Å²) in [6.07, 6.45) is 0. The molecule has 0 radical (unpaired) electrons. The standard InChI is InChI=1S/C20H5Br3Cl2N6O4/c21-4-9-2(26-19(32)29-9)1-3-10(4)27-14-8(25)18-15(7(24)17(14)34-3)28-13-5(22)11-12(31-20(33)30-11)6(23)16(13)35-18/h1,27-28H,(H2,26,29,32). The molecule has 7 rings (SSSR count). The van der Waals surface area contributed by atoms with Gasteiger partial charge in [0.1, 0.15) is 32.1 Å². The summed E-state index contributed by atoms with van der Waals surface area (Å²) in [5.41, 5.74) is 3.86. The molecule has 0 saturated carbocycles. The molecule has 0 aliphatic heterocycles. The molecule has 0 aliphatic carbocycles. The molecule has 0 unspecified atom stereocenters. The molecule has 4 aromatic heterocycles. The maximum Gasteiger partial charge on any atom is 0.368 e. The van der Waals surface area contributed by atoms with E-state index in [2.05, 4.69) is 77.7 Å². The van der Waals surface area contributed by atoms with Crippen LogP contribution in [0.15, 0.2) is 37.9 Å². The average molecular weight is 704 g/mol.